The van der Waals surface area contributed by atoms with Crippen molar-refractivity contribution in [3.63, 3.8) is 0 Å². The van der Waals surface area contributed by atoms with Gasteiger partial charge in [0, 0.05) is 32.7 Å². The van der Waals surface area contributed by atoms with Crippen LogP contribution in [0.2, 0.25) is 0 Å². The number of hydrogen-bond acceptors (Lipinski definition) is 3. The zero-order chi connectivity index (χ0) is 9.54. The first-order chi connectivity index (χ1) is 6.90. The second-order valence-corrected chi connectivity index (χ2v) is 3.84. The Morgan fingerprint density at radius 3 is 3.13 bits per heavy atom. The van der Waals surface area contributed by atoms with Crippen LogP contribution in [0.5, 0.6) is 0 Å². The van der Waals surface area contributed by atoms with E-state index in [1.165, 1.54) is 12.0 Å². The topological polar surface area (TPSA) is 52.0 Å². The largest absolute Gasteiger partial charge is 0.573 e. The number of hydrogen-bond donors (Lipinski definition) is 1. The third-order valence-corrected chi connectivity index (χ3v) is 2.96. The summed E-state index contributed by atoms with van der Waals surface area (Å²) in [5.41, 5.74) is 8.65. The monoisotopic (exact) mass is 276 g/mol. The Morgan fingerprint density at radius 1 is 1.53 bits per heavy atom. The summed E-state index contributed by atoms with van der Waals surface area (Å²) in [6, 6.07) is 6.06. The molecule has 0 aliphatic heterocycles. The van der Waals surface area contributed by atoms with Crippen LogP contribution in [0.1, 0.15) is 17.9 Å². The Labute approximate surface area is 113 Å². The van der Waals surface area contributed by atoms with Crippen molar-refractivity contribution >= 4 is 11.1 Å². The second-order valence-electron chi connectivity index (χ2n) is 3.84. The molecule has 1 aromatic heterocycles. The molecule has 4 heteroatoms. The van der Waals surface area contributed by atoms with E-state index in [2.05, 4.69) is 17.4 Å². The SMILES string of the molecule is NC[C@@H]1C[C@H]1c1cccc2n[c-]oc12.[Y]. The fourth-order valence-electron chi connectivity index (χ4n) is 2.04. The van der Waals surface area contributed by atoms with Crippen LogP contribution in [-0.2, 0) is 32.7 Å². The van der Waals surface area contributed by atoms with Crippen LogP contribution in [0.25, 0.3) is 11.1 Å². The maximum absolute atomic E-state index is 5.63. The molecule has 2 N–H and O–H groups in total. The zero-order valence-electron chi connectivity index (χ0n) is 8.31. The molecule has 1 aliphatic carbocycles. The number of benzene rings is 1. The van der Waals surface area contributed by atoms with Crippen LogP contribution in [0.4, 0.5) is 0 Å². The average Bonchev–Trinajstić information content (AvgIpc) is 2.85. The fraction of sp³-hybridized carbons (Fsp3) is 0.364. The minimum atomic E-state index is 0. The van der Waals surface area contributed by atoms with E-state index >= 15 is 0 Å². The summed E-state index contributed by atoms with van der Waals surface area (Å²) in [7, 11) is 0. The van der Waals surface area contributed by atoms with Crippen LogP contribution >= 0.6 is 0 Å². The molecule has 0 amide bonds. The smallest absolute Gasteiger partial charge is 0.103 e. The van der Waals surface area contributed by atoms with Crippen molar-refractivity contribution in [1.29, 1.82) is 0 Å². The first-order valence-corrected chi connectivity index (χ1v) is 4.85. The summed E-state index contributed by atoms with van der Waals surface area (Å²) in [5, 5.41) is 0. The van der Waals surface area contributed by atoms with Gasteiger partial charge in [-0.25, -0.2) is 0 Å². The van der Waals surface area contributed by atoms with Gasteiger partial charge in [-0.3, -0.25) is 0 Å². The summed E-state index contributed by atoms with van der Waals surface area (Å²) in [6.45, 7) is 0.763. The van der Waals surface area contributed by atoms with E-state index in [9.17, 15) is 0 Å². The third kappa shape index (κ3) is 1.88. The summed E-state index contributed by atoms with van der Waals surface area (Å²) in [4.78, 5) is 4.02. The maximum atomic E-state index is 5.63. The van der Waals surface area contributed by atoms with E-state index in [0.29, 0.717) is 11.8 Å². The molecule has 1 saturated carbocycles. The molecule has 1 radical (unpaired) electrons. The van der Waals surface area contributed by atoms with Gasteiger partial charge in [0.05, 0.1) is 0 Å². The van der Waals surface area contributed by atoms with Crippen LogP contribution in [0.3, 0.4) is 0 Å². The molecule has 75 valence electrons. The maximum Gasteiger partial charge on any atom is 0.103 e. The van der Waals surface area contributed by atoms with E-state index in [0.717, 1.165) is 17.6 Å². The molecule has 0 bridgehead atoms. The molecule has 2 aromatic rings. The van der Waals surface area contributed by atoms with Crippen LogP contribution < -0.4 is 5.73 Å². The van der Waals surface area contributed by atoms with Crippen molar-refractivity contribution in [1.82, 2.24) is 4.98 Å². The molecule has 1 heterocycles. The van der Waals surface area contributed by atoms with Gasteiger partial charge in [0.25, 0.3) is 0 Å². The van der Waals surface area contributed by atoms with E-state index in [1.807, 2.05) is 12.1 Å². The van der Waals surface area contributed by atoms with Gasteiger partial charge in [0.15, 0.2) is 0 Å². The zero-order valence-corrected chi connectivity index (χ0v) is 11.1. The van der Waals surface area contributed by atoms with E-state index in [1.54, 1.807) is 0 Å². The van der Waals surface area contributed by atoms with E-state index in [-0.39, 0.29) is 32.7 Å². The summed E-state index contributed by atoms with van der Waals surface area (Å²) < 4.78 is 5.27. The molecule has 1 fully saturated rings. The first-order valence-electron chi connectivity index (χ1n) is 4.85. The molecule has 15 heavy (non-hydrogen) atoms. The fourth-order valence-corrected chi connectivity index (χ4v) is 2.04. The molecule has 1 aliphatic rings. The van der Waals surface area contributed by atoms with Crippen LogP contribution in [0.15, 0.2) is 22.6 Å². The quantitative estimate of drug-likeness (QED) is 0.849. The van der Waals surface area contributed by atoms with Gasteiger partial charge >= 0.3 is 0 Å². The number of rotatable bonds is 2. The van der Waals surface area contributed by atoms with E-state index in [4.69, 9.17) is 10.2 Å². The minimum absolute atomic E-state index is 0. The number of fused-ring (bicyclic) bond motifs is 1. The molecule has 0 saturated heterocycles. The molecule has 2 atom stereocenters. The molecule has 0 spiro atoms. The Hall–Kier alpha value is -0.246. The molecule has 0 unspecified atom stereocenters. The van der Waals surface area contributed by atoms with Gasteiger partial charge in [-0.1, -0.05) is 17.7 Å². The standard InChI is InChI=1S/C11H11N2O.Y/c12-5-7-4-9(7)8-2-1-3-10-11(8)14-6-13-10;/h1-3,7,9H,4-5,12H2;/q-1;/t7-,9+;/m0./s1. The van der Waals surface area contributed by atoms with Crippen molar-refractivity contribution in [3.05, 3.63) is 30.2 Å². The first kappa shape index (κ1) is 11.2. The molecule has 1 aromatic carbocycles. The third-order valence-electron chi connectivity index (χ3n) is 2.96. The number of nitrogens with two attached hydrogens (primary N) is 1. The number of aromatic nitrogens is 1. The van der Waals surface area contributed by atoms with Crippen molar-refractivity contribution in [3.8, 4) is 0 Å². The Bertz CT molecular complexity index is 468. The summed E-state index contributed by atoms with van der Waals surface area (Å²) >= 11 is 0. The van der Waals surface area contributed by atoms with Gasteiger partial charge in [-0.15, -0.1) is 6.07 Å². The molecular formula is C11H11N2OY-. The van der Waals surface area contributed by atoms with Crippen molar-refractivity contribution < 1.29 is 37.1 Å². The van der Waals surface area contributed by atoms with Crippen molar-refractivity contribution in [2.24, 2.45) is 11.7 Å². The Balaban J connectivity index is 0.000000853. The van der Waals surface area contributed by atoms with Gasteiger partial charge < -0.3 is 15.1 Å². The summed E-state index contributed by atoms with van der Waals surface area (Å²) in [6.07, 6.45) is 3.71. The number of para-hydroxylation sites is 1. The Kier molecular flexibility index (Phi) is 3.24. The Morgan fingerprint density at radius 2 is 2.40 bits per heavy atom. The predicted molar refractivity (Wildman–Crippen MR) is 52.7 cm³/mol. The number of nitrogens with zero attached hydrogens (tertiary/aromatic N) is 1. The van der Waals surface area contributed by atoms with E-state index < -0.39 is 0 Å². The minimum Gasteiger partial charge on any atom is -0.573 e. The summed E-state index contributed by atoms with van der Waals surface area (Å²) in [5.74, 6) is 1.20. The van der Waals surface area contributed by atoms with Gasteiger partial charge in [-0.2, -0.15) is 0 Å². The van der Waals surface area contributed by atoms with Crippen molar-refractivity contribution in [2.75, 3.05) is 6.54 Å². The van der Waals surface area contributed by atoms with Crippen LogP contribution in [0, 0.1) is 12.3 Å². The van der Waals surface area contributed by atoms with Gasteiger partial charge in [0.1, 0.15) is 6.39 Å². The number of oxazole rings is 1. The van der Waals surface area contributed by atoms with Crippen LogP contribution in [-0.4, -0.2) is 11.5 Å². The molecular weight excluding hydrogens is 265 g/mol. The predicted octanol–water partition coefficient (Wildman–Crippen LogP) is 1.69. The van der Waals surface area contributed by atoms with Gasteiger partial charge in [0.2, 0.25) is 0 Å². The van der Waals surface area contributed by atoms with Gasteiger partial charge in [-0.05, 0) is 35.9 Å². The second kappa shape index (κ2) is 4.32. The normalized spacial score (nSPS) is 23.8. The average molecular weight is 276 g/mol. The molecule has 3 rings (SSSR count). The molecule has 3 nitrogen and oxygen atoms in total. The van der Waals surface area contributed by atoms with Crippen molar-refractivity contribution in [2.45, 2.75) is 12.3 Å².